The summed E-state index contributed by atoms with van der Waals surface area (Å²) in [5.74, 6) is 0.636. The number of carbonyl (C=O) groups is 1. The van der Waals surface area contributed by atoms with E-state index in [1.807, 2.05) is 48.5 Å². The van der Waals surface area contributed by atoms with Gasteiger partial charge >= 0.3 is 0 Å². The van der Waals surface area contributed by atoms with E-state index in [2.05, 4.69) is 37.6 Å². The zero-order chi connectivity index (χ0) is 21.5. The quantitative estimate of drug-likeness (QED) is 0.226. The van der Waals surface area contributed by atoms with Crippen molar-refractivity contribution in [1.29, 1.82) is 0 Å². The Morgan fingerprint density at radius 1 is 1.00 bits per heavy atom. The van der Waals surface area contributed by atoms with Crippen molar-refractivity contribution in [2.45, 2.75) is 15.2 Å². The third-order valence-corrected chi connectivity index (χ3v) is 6.90. The zero-order valence-corrected chi connectivity index (χ0v) is 18.6. The van der Waals surface area contributed by atoms with E-state index in [1.165, 1.54) is 23.0 Å². The topological polar surface area (TPSA) is 101 Å². The number of thioether (sulfide) groups is 2. The van der Waals surface area contributed by atoms with Crippen molar-refractivity contribution in [3.63, 3.8) is 0 Å². The fourth-order valence-electron chi connectivity index (χ4n) is 2.59. The molecular formula is C21H17N5O2S3. The van der Waals surface area contributed by atoms with Crippen molar-refractivity contribution in [2.24, 2.45) is 0 Å². The molecule has 0 aliphatic rings. The van der Waals surface area contributed by atoms with Gasteiger partial charge in [0, 0.05) is 17.4 Å². The molecule has 2 aromatic carbocycles. The van der Waals surface area contributed by atoms with Gasteiger partial charge in [0.05, 0.1) is 11.4 Å². The molecule has 4 rings (SSSR count). The summed E-state index contributed by atoms with van der Waals surface area (Å²) in [5.41, 5.74) is 2.34. The fraction of sp³-hybridized carbons (Fsp3) is 0.0952. The van der Waals surface area contributed by atoms with Crippen LogP contribution in [0.1, 0.15) is 5.56 Å². The first-order valence-corrected chi connectivity index (χ1v) is 12.0. The number of hydrogen-bond donors (Lipinski definition) is 2. The Morgan fingerprint density at radius 3 is 2.52 bits per heavy atom. The van der Waals surface area contributed by atoms with Gasteiger partial charge in [0.2, 0.25) is 11.0 Å². The van der Waals surface area contributed by atoms with E-state index in [0.717, 1.165) is 27.4 Å². The van der Waals surface area contributed by atoms with E-state index in [0.29, 0.717) is 16.0 Å². The fourth-order valence-corrected chi connectivity index (χ4v) is 4.99. The molecule has 10 heteroatoms. The molecular weight excluding hydrogens is 450 g/mol. The van der Waals surface area contributed by atoms with Crippen LogP contribution in [-0.4, -0.2) is 31.8 Å². The van der Waals surface area contributed by atoms with Crippen molar-refractivity contribution in [1.82, 2.24) is 20.2 Å². The predicted molar refractivity (Wildman–Crippen MR) is 126 cm³/mol. The molecule has 0 saturated carbocycles. The summed E-state index contributed by atoms with van der Waals surface area (Å²) in [7, 11) is 0. The first-order valence-electron chi connectivity index (χ1n) is 9.25. The SMILES string of the molecule is O=C(CSc1nc(-c2ccccc2)cc(=O)[nH]1)Nc1nnc(SCc2ccccc2)s1. The molecule has 156 valence electrons. The van der Waals surface area contributed by atoms with Gasteiger partial charge in [0.1, 0.15) is 0 Å². The van der Waals surface area contributed by atoms with Crippen LogP contribution in [0.15, 0.2) is 81.0 Å². The average molecular weight is 468 g/mol. The number of anilines is 1. The van der Waals surface area contributed by atoms with Crippen molar-refractivity contribution < 1.29 is 4.79 Å². The Bertz CT molecular complexity index is 1210. The lowest BCUT2D eigenvalue weighted by Gasteiger charge is -2.04. The number of aromatic nitrogens is 4. The molecule has 31 heavy (non-hydrogen) atoms. The molecule has 0 saturated heterocycles. The van der Waals surface area contributed by atoms with Crippen LogP contribution in [0.2, 0.25) is 0 Å². The summed E-state index contributed by atoms with van der Waals surface area (Å²) in [6.45, 7) is 0. The average Bonchev–Trinajstić information content (AvgIpc) is 3.24. The Labute approximate surface area is 190 Å². The van der Waals surface area contributed by atoms with Crippen LogP contribution in [0.3, 0.4) is 0 Å². The summed E-state index contributed by atoms with van der Waals surface area (Å²) < 4.78 is 0.786. The van der Waals surface area contributed by atoms with E-state index >= 15 is 0 Å². The number of benzene rings is 2. The van der Waals surface area contributed by atoms with E-state index in [1.54, 1.807) is 11.8 Å². The van der Waals surface area contributed by atoms with Gasteiger partial charge in [0.25, 0.3) is 5.56 Å². The Hall–Kier alpha value is -2.95. The number of nitrogens with zero attached hydrogens (tertiary/aromatic N) is 3. The standard InChI is InChI=1S/C21H17N5O2S3/c27-17-11-16(15-9-5-2-6-10-15)22-19(23-17)29-13-18(28)24-20-25-26-21(31-20)30-12-14-7-3-1-4-8-14/h1-11H,12-13H2,(H,22,23,27)(H,24,25,28). The summed E-state index contributed by atoms with van der Waals surface area (Å²) in [6.07, 6.45) is 0. The van der Waals surface area contributed by atoms with Crippen molar-refractivity contribution in [2.75, 3.05) is 11.1 Å². The molecule has 2 N–H and O–H groups in total. The van der Waals surface area contributed by atoms with Gasteiger partial charge < -0.3 is 4.98 Å². The van der Waals surface area contributed by atoms with Gasteiger partial charge in [-0.15, -0.1) is 10.2 Å². The van der Waals surface area contributed by atoms with Crippen molar-refractivity contribution in [3.8, 4) is 11.3 Å². The normalized spacial score (nSPS) is 10.7. The highest BCUT2D eigenvalue weighted by Crippen LogP contribution is 2.28. The minimum atomic E-state index is -0.263. The lowest BCUT2D eigenvalue weighted by molar-refractivity contribution is -0.113. The molecule has 0 aliphatic heterocycles. The largest absolute Gasteiger partial charge is 0.301 e. The second kappa shape index (κ2) is 10.4. The second-order valence-corrected chi connectivity index (χ2v) is 9.45. The van der Waals surface area contributed by atoms with Gasteiger partial charge in [-0.2, -0.15) is 0 Å². The van der Waals surface area contributed by atoms with Crippen LogP contribution in [0.4, 0.5) is 5.13 Å². The van der Waals surface area contributed by atoms with Gasteiger partial charge in [-0.25, -0.2) is 4.98 Å². The number of aromatic amines is 1. The first kappa shape index (κ1) is 21.3. The van der Waals surface area contributed by atoms with Crippen LogP contribution >= 0.6 is 34.9 Å². The maximum Gasteiger partial charge on any atom is 0.252 e. The number of carbonyl (C=O) groups excluding carboxylic acids is 1. The van der Waals surface area contributed by atoms with Crippen molar-refractivity contribution in [3.05, 3.63) is 82.6 Å². The highest BCUT2D eigenvalue weighted by atomic mass is 32.2. The van der Waals surface area contributed by atoms with E-state index in [4.69, 9.17) is 0 Å². The van der Waals surface area contributed by atoms with Crippen LogP contribution in [0, 0.1) is 0 Å². The van der Waals surface area contributed by atoms with E-state index in [-0.39, 0.29) is 17.2 Å². The molecule has 2 heterocycles. The van der Waals surface area contributed by atoms with Crippen LogP contribution in [0.5, 0.6) is 0 Å². The number of rotatable bonds is 8. The molecule has 0 unspecified atom stereocenters. The van der Waals surface area contributed by atoms with Crippen molar-refractivity contribution >= 4 is 45.9 Å². The maximum atomic E-state index is 12.3. The second-order valence-electron chi connectivity index (χ2n) is 6.29. The number of H-pyrrole nitrogens is 1. The molecule has 1 amide bonds. The summed E-state index contributed by atoms with van der Waals surface area (Å²) in [5, 5.41) is 11.7. The zero-order valence-electron chi connectivity index (χ0n) is 16.1. The molecule has 0 aliphatic carbocycles. The molecule has 0 radical (unpaired) electrons. The molecule has 0 fully saturated rings. The molecule has 0 spiro atoms. The molecule has 0 bridgehead atoms. The van der Waals surface area contributed by atoms with Gasteiger partial charge in [-0.05, 0) is 5.56 Å². The summed E-state index contributed by atoms with van der Waals surface area (Å²) >= 11 is 4.06. The van der Waals surface area contributed by atoms with E-state index in [9.17, 15) is 9.59 Å². The lowest BCUT2D eigenvalue weighted by Crippen LogP contribution is -2.15. The minimum Gasteiger partial charge on any atom is -0.301 e. The monoisotopic (exact) mass is 467 g/mol. The molecule has 4 aromatic rings. The number of hydrogen-bond acceptors (Lipinski definition) is 8. The van der Waals surface area contributed by atoms with Crippen LogP contribution < -0.4 is 10.9 Å². The van der Waals surface area contributed by atoms with Crippen LogP contribution in [-0.2, 0) is 10.5 Å². The van der Waals surface area contributed by atoms with Crippen LogP contribution in [0.25, 0.3) is 11.3 Å². The number of nitrogens with one attached hydrogen (secondary N) is 2. The first-order chi connectivity index (χ1) is 15.2. The molecule has 7 nitrogen and oxygen atoms in total. The highest BCUT2D eigenvalue weighted by molar-refractivity contribution is 8.00. The minimum absolute atomic E-state index is 0.0905. The lowest BCUT2D eigenvalue weighted by atomic mass is 10.1. The third kappa shape index (κ3) is 6.27. The smallest absolute Gasteiger partial charge is 0.252 e. The van der Waals surface area contributed by atoms with E-state index < -0.39 is 0 Å². The Kier molecular flexibility index (Phi) is 7.13. The predicted octanol–water partition coefficient (Wildman–Crippen LogP) is 4.31. The summed E-state index contributed by atoms with van der Waals surface area (Å²) in [6, 6.07) is 20.9. The van der Waals surface area contributed by atoms with Gasteiger partial charge in [-0.3, -0.25) is 14.9 Å². The molecule has 0 atom stereocenters. The Balaban J connectivity index is 1.31. The maximum absolute atomic E-state index is 12.3. The van der Waals surface area contributed by atoms with Gasteiger partial charge in [-0.1, -0.05) is 95.5 Å². The number of amides is 1. The van der Waals surface area contributed by atoms with Gasteiger partial charge in [0.15, 0.2) is 9.50 Å². The highest BCUT2D eigenvalue weighted by Gasteiger charge is 2.11. The third-order valence-electron chi connectivity index (χ3n) is 3.99. The Morgan fingerprint density at radius 2 is 1.74 bits per heavy atom. The molecule has 2 aromatic heterocycles. The summed E-state index contributed by atoms with van der Waals surface area (Å²) in [4.78, 5) is 31.4.